The van der Waals surface area contributed by atoms with Crippen LogP contribution in [0.5, 0.6) is 0 Å². The van der Waals surface area contributed by atoms with E-state index in [4.69, 9.17) is 5.73 Å². The molecule has 2 aliphatic rings. The van der Waals surface area contributed by atoms with Gasteiger partial charge in [0.1, 0.15) is 5.82 Å². The molecule has 2 atom stereocenters. The molecule has 0 bridgehead atoms. The molecule has 0 spiro atoms. The van der Waals surface area contributed by atoms with Gasteiger partial charge < -0.3 is 10.6 Å². The highest BCUT2D eigenvalue weighted by Gasteiger charge is 2.42. The third-order valence-electron chi connectivity index (χ3n) is 6.29. The molecule has 0 aliphatic carbocycles. The van der Waals surface area contributed by atoms with E-state index >= 15 is 0 Å². The zero-order valence-electron chi connectivity index (χ0n) is 16.6. The molecule has 0 saturated carbocycles. The van der Waals surface area contributed by atoms with Gasteiger partial charge in [-0.05, 0) is 44.8 Å². The fourth-order valence-electron chi connectivity index (χ4n) is 4.65. The van der Waals surface area contributed by atoms with Crippen LogP contribution in [0.3, 0.4) is 0 Å². The Balaban J connectivity index is 1.31. The topological polar surface area (TPSA) is 91.1 Å². The molecule has 2 saturated heterocycles. The van der Waals surface area contributed by atoms with Crippen LogP contribution in [0.1, 0.15) is 36.0 Å². The number of carbonyl (C=O) groups excluding carboxylic acids is 1. The SMILES string of the molecule is Cc1nc([C@@H]2CN(C3CCN(CCc4ccccc4)CC3)C[C@H]2C(N)=O)n[nH]1. The largest absolute Gasteiger partial charge is 0.369 e. The molecule has 7 nitrogen and oxygen atoms in total. The van der Waals surface area contributed by atoms with Crippen molar-refractivity contribution in [2.75, 3.05) is 32.7 Å². The number of nitrogens with one attached hydrogen (secondary N) is 1. The van der Waals surface area contributed by atoms with Crippen molar-refractivity contribution in [2.45, 2.75) is 38.1 Å². The average Bonchev–Trinajstić information content (AvgIpc) is 3.34. The average molecular weight is 383 g/mol. The first-order valence-corrected chi connectivity index (χ1v) is 10.3. The Kier molecular flexibility index (Phi) is 5.73. The third kappa shape index (κ3) is 4.25. The lowest BCUT2D eigenvalue weighted by atomic mass is 9.95. The molecule has 1 aromatic heterocycles. The number of hydrogen-bond donors (Lipinski definition) is 2. The van der Waals surface area contributed by atoms with Crippen molar-refractivity contribution >= 4 is 5.91 Å². The number of likely N-dealkylation sites (tertiary alicyclic amines) is 2. The number of benzene rings is 1. The standard InChI is InChI=1S/C21H30N6O/c1-15-23-21(25-24-15)19-14-27(13-18(19)20(22)28)17-8-11-26(12-9-17)10-7-16-5-3-2-4-6-16/h2-6,17-19H,7-14H2,1H3,(H2,22,28)(H,23,24,25)/t18-,19-/m1/s1. The van der Waals surface area contributed by atoms with Crippen molar-refractivity contribution in [1.82, 2.24) is 25.0 Å². The molecule has 2 aliphatic heterocycles. The molecule has 150 valence electrons. The monoisotopic (exact) mass is 382 g/mol. The summed E-state index contributed by atoms with van der Waals surface area (Å²) in [5, 5.41) is 7.19. The van der Waals surface area contributed by atoms with Crippen molar-refractivity contribution in [1.29, 1.82) is 0 Å². The van der Waals surface area contributed by atoms with Gasteiger partial charge >= 0.3 is 0 Å². The van der Waals surface area contributed by atoms with Gasteiger partial charge in [-0.15, -0.1) is 0 Å². The molecule has 4 rings (SSSR count). The minimum atomic E-state index is -0.241. The van der Waals surface area contributed by atoms with Gasteiger partial charge in [-0.2, -0.15) is 5.10 Å². The first-order chi connectivity index (χ1) is 13.6. The summed E-state index contributed by atoms with van der Waals surface area (Å²) >= 11 is 0. The molecule has 0 unspecified atom stereocenters. The zero-order valence-corrected chi connectivity index (χ0v) is 16.6. The fourth-order valence-corrected chi connectivity index (χ4v) is 4.65. The van der Waals surface area contributed by atoms with E-state index in [1.807, 2.05) is 6.92 Å². The van der Waals surface area contributed by atoms with Crippen LogP contribution in [-0.2, 0) is 11.2 Å². The van der Waals surface area contributed by atoms with Crippen LogP contribution in [0.25, 0.3) is 0 Å². The Hall–Kier alpha value is -2.25. The Bertz CT molecular complexity index is 783. The number of carbonyl (C=O) groups is 1. The van der Waals surface area contributed by atoms with Crippen LogP contribution < -0.4 is 5.73 Å². The number of nitrogens with two attached hydrogens (primary N) is 1. The van der Waals surface area contributed by atoms with Gasteiger partial charge in [0.2, 0.25) is 5.91 Å². The lowest BCUT2D eigenvalue weighted by molar-refractivity contribution is -0.121. The summed E-state index contributed by atoms with van der Waals surface area (Å²) in [5.41, 5.74) is 7.10. The molecule has 2 fully saturated rings. The number of amides is 1. The first kappa shape index (κ1) is 19.1. The number of primary amides is 1. The van der Waals surface area contributed by atoms with Gasteiger partial charge in [0.05, 0.1) is 5.92 Å². The third-order valence-corrected chi connectivity index (χ3v) is 6.29. The summed E-state index contributed by atoms with van der Waals surface area (Å²) in [6.07, 6.45) is 3.38. The fraction of sp³-hybridized carbons (Fsp3) is 0.571. The number of piperidine rings is 1. The minimum Gasteiger partial charge on any atom is -0.369 e. The lowest BCUT2D eigenvalue weighted by Gasteiger charge is -2.36. The van der Waals surface area contributed by atoms with Gasteiger partial charge in [-0.25, -0.2) is 4.98 Å². The summed E-state index contributed by atoms with van der Waals surface area (Å²) in [7, 11) is 0. The second kappa shape index (κ2) is 8.41. The van der Waals surface area contributed by atoms with Gasteiger partial charge in [0, 0.05) is 31.6 Å². The van der Waals surface area contributed by atoms with Crippen molar-refractivity contribution in [3.05, 3.63) is 47.5 Å². The molecule has 28 heavy (non-hydrogen) atoms. The Labute approximate surface area is 166 Å². The second-order valence-electron chi connectivity index (χ2n) is 8.16. The summed E-state index contributed by atoms with van der Waals surface area (Å²) in [4.78, 5) is 21.5. The van der Waals surface area contributed by atoms with E-state index in [0.29, 0.717) is 6.04 Å². The highest BCUT2D eigenvalue weighted by Crippen LogP contribution is 2.34. The normalized spacial score (nSPS) is 24.6. The Morgan fingerprint density at radius 2 is 1.96 bits per heavy atom. The minimum absolute atomic E-state index is 0.00133. The summed E-state index contributed by atoms with van der Waals surface area (Å²) < 4.78 is 0. The van der Waals surface area contributed by atoms with Crippen LogP contribution >= 0.6 is 0 Å². The maximum atomic E-state index is 12.0. The predicted octanol–water partition coefficient (Wildman–Crippen LogP) is 1.32. The van der Waals surface area contributed by atoms with E-state index in [2.05, 4.69) is 55.3 Å². The summed E-state index contributed by atoms with van der Waals surface area (Å²) in [6.45, 7) is 6.76. The Morgan fingerprint density at radius 1 is 1.21 bits per heavy atom. The molecule has 1 aromatic carbocycles. The van der Waals surface area contributed by atoms with Gasteiger partial charge in [-0.1, -0.05) is 30.3 Å². The van der Waals surface area contributed by atoms with E-state index in [-0.39, 0.29) is 17.7 Å². The first-order valence-electron chi connectivity index (χ1n) is 10.3. The number of aryl methyl sites for hydroxylation is 1. The molecule has 1 amide bonds. The van der Waals surface area contributed by atoms with Crippen LogP contribution in [0.15, 0.2) is 30.3 Å². The Morgan fingerprint density at radius 3 is 2.61 bits per heavy atom. The van der Waals surface area contributed by atoms with Crippen LogP contribution in [0, 0.1) is 12.8 Å². The number of nitrogens with zero attached hydrogens (tertiary/aromatic N) is 4. The van der Waals surface area contributed by atoms with E-state index < -0.39 is 0 Å². The maximum absolute atomic E-state index is 12.0. The molecule has 7 heteroatoms. The number of rotatable bonds is 6. The summed E-state index contributed by atoms with van der Waals surface area (Å²) in [6, 6.07) is 11.2. The van der Waals surface area contributed by atoms with Crippen molar-refractivity contribution < 1.29 is 4.79 Å². The van der Waals surface area contributed by atoms with Crippen molar-refractivity contribution in [2.24, 2.45) is 11.7 Å². The highest BCUT2D eigenvalue weighted by molar-refractivity contribution is 5.78. The second-order valence-corrected chi connectivity index (χ2v) is 8.16. The molecule has 0 radical (unpaired) electrons. The van der Waals surface area contributed by atoms with Gasteiger partial charge in [0.25, 0.3) is 0 Å². The smallest absolute Gasteiger partial charge is 0.222 e. The van der Waals surface area contributed by atoms with Crippen LogP contribution in [0.4, 0.5) is 0 Å². The highest BCUT2D eigenvalue weighted by atomic mass is 16.1. The van der Waals surface area contributed by atoms with E-state index in [9.17, 15) is 4.79 Å². The van der Waals surface area contributed by atoms with Gasteiger partial charge in [0.15, 0.2) is 5.82 Å². The number of aromatic nitrogens is 3. The van der Waals surface area contributed by atoms with Crippen LogP contribution in [-0.4, -0.2) is 69.7 Å². The molecule has 3 N–H and O–H groups in total. The maximum Gasteiger partial charge on any atom is 0.222 e. The van der Waals surface area contributed by atoms with E-state index in [1.165, 1.54) is 5.56 Å². The number of H-pyrrole nitrogens is 1. The molecular formula is C21H30N6O. The number of hydrogen-bond acceptors (Lipinski definition) is 5. The molecular weight excluding hydrogens is 352 g/mol. The quantitative estimate of drug-likeness (QED) is 0.786. The van der Waals surface area contributed by atoms with E-state index in [1.54, 1.807) is 0 Å². The predicted molar refractivity (Wildman–Crippen MR) is 108 cm³/mol. The summed E-state index contributed by atoms with van der Waals surface area (Å²) in [5.74, 6) is 1.06. The molecule has 2 aromatic rings. The molecule has 3 heterocycles. The van der Waals surface area contributed by atoms with Crippen molar-refractivity contribution in [3.63, 3.8) is 0 Å². The van der Waals surface area contributed by atoms with E-state index in [0.717, 1.165) is 63.6 Å². The van der Waals surface area contributed by atoms with Gasteiger partial charge in [-0.3, -0.25) is 14.8 Å². The number of aromatic amines is 1. The zero-order chi connectivity index (χ0) is 19.5. The van der Waals surface area contributed by atoms with Crippen molar-refractivity contribution in [3.8, 4) is 0 Å². The van der Waals surface area contributed by atoms with Crippen LogP contribution in [0.2, 0.25) is 0 Å². The lowest BCUT2D eigenvalue weighted by Crippen LogP contribution is -2.45.